The fourth-order valence-electron chi connectivity index (χ4n) is 2.08. The van der Waals surface area contributed by atoms with E-state index in [0.717, 1.165) is 36.4 Å². The van der Waals surface area contributed by atoms with Gasteiger partial charge in [-0.2, -0.15) is 8.78 Å². The van der Waals surface area contributed by atoms with Crippen molar-refractivity contribution in [3.05, 3.63) is 53.6 Å². The molecule has 1 N–H and O–H groups in total. The molecule has 0 atom stereocenters. The van der Waals surface area contributed by atoms with Gasteiger partial charge in [0.1, 0.15) is 0 Å². The van der Waals surface area contributed by atoms with Crippen LogP contribution in [0.15, 0.2) is 36.4 Å². The van der Waals surface area contributed by atoms with Gasteiger partial charge in [0, 0.05) is 11.8 Å². The number of benzene rings is 2. The van der Waals surface area contributed by atoms with E-state index in [9.17, 15) is 27.2 Å². The zero-order valence-electron chi connectivity index (χ0n) is 14.5. The quantitative estimate of drug-likeness (QED) is 0.539. The Balaban J connectivity index is 1.98. The van der Waals surface area contributed by atoms with Gasteiger partial charge in [0.25, 0.3) is 5.91 Å². The van der Waals surface area contributed by atoms with E-state index in [0.29, 0.717) is 0 Å². The largest absolute Gasteiger partial charge is 0.490 e. The zero-order chi connectivity index (χ0) is 20.7. The lowest BCUT2D eigenvalue weighted by Crippen LogP contribution is -2.21. The molecule has 0 unspecified atom stereocenters. The lowest BCUT2D eigenvalue weighted by atomic mass is 10.2. The van der Waals surface area contributed by atoms with Gasteiger partial charge < -0.3 is 19.5 Å². The van der Waals surface area contributed by atoms with Crippen molar-refractivity contribution in [2.75, 3.05) is 18.5 Å². The predicted molar refractivity (Wildman–Crippen MR) is 89.5 cm³/mol. The van der Waals surface area contributed by atoms with Crippen molar-refractivity contribution in [3.63, 3.8) is 0 Å². The highest BCUT2D eigenvalue weighted by molar-refractivity contribution is 5.95. The van der Waals surface area contributed by atoms with Crippen molar-refractivity contribution in [2.24, 2.45) is 0 Å². The molecule has 2 aromatic rings. The second-order valence-corrected chi connectivity index (χ2v) is 5.23. The van der Waals surface area contributed by atoms with E-state index in [1.54, 1.807) is 6.92 Å². The van der Waals surface area contributed by atoms with Gasteiger partial charge in [-0.25, -0.2) is 13.6 Å². The number of esters is 1. The Morgan fingerprint density at radius 1 is 1.04 bits per heavy atom. The fourth-order valence-corrected chi connectivity index (χ4v) is 2.08. The summed E-state index contributed by atoms with van der Waals surface area (Å²) >= 11 is 0. The summed E-state index contributed by atoms with van der Waals surface area (Å²) in [5, 5.41) is 2.23. The average Bonchev–Trinajstić information content (AvgIpc) is 2.64. The lowest BCUT2D eigenvalue weighted by molar-refractivity contribution is -0.119. The molecule has 0 aromatic heterocycles. The summed E-state index contributed by atoms with van der Waals surface area (Å²) in [6, 6.07) is 6.14. The van der Waals surface area contributed by atoms with Gasteiger partial charge in [0.05, 0.1) is 12.2 Å². The Labute approximate surface area is 157 Å². The highest BCUT2D eigenvalue weighted by Crippen LogP contribution is 2.30. The van der Waals surface area contributed by atoms with Crippen molar-refractivity contribution in [3.8, 4) is 11.5 Å². The first-order valence-electron chi connectivity index (χ1n) is 7.93. The SMILES string of the molecule is CCOc1cc(C(=O)OCC(=O)Nc2ccc(F)c(F)c2)ccc1OC(F)F. The lowest BCUT2D eigenvalue weighted by Gasteiger charge is -2.12. The van der Waals surface area contributed by atoms with E-state index in [2.05, 4.69) is 10.1 Å². The van der Waals surface area contributed by atoms with Crippen LogP contribution in [0.25, 0.3) is 0 Å². The molecule has 28 heavy (non-hydrogen) atoms. The normalized spacial score (nSPS) is 10.5. The average molecular weight is 401 g/mol. The van der Waals surface area contributed by atoms with Gasteiger partial charge >= 0.3 is 12.6 Å². The van der Waals surface area contributed by atoms with Crippen LogP contribution in [-0.2, 0) is 9.53 Å². The number of hydrogen-bond acceptors (Lipinski definition) is 5. The highest BCUT2D eigenvalue weighted by atomic mass is 19.3. The van der Waals surface area contributed by atoms with Crippen LogP contribution < -0.4 is 14.8 Å². The number of halogens is 4. The van der Waals surface area contributed by atoms with Crippen LogP contribution in [0.1, 0.15) is 17.3 Å². The van der Waals surface area contributed by atoms with Crippen molar-refractivity contribution in [1.82, 2.24) is 0 Å². The van der Waals surface area contributed by atoms with Crippen LogP contribution >= 0.6 is 0 Å². The van der Waals surface area contributed by atoms with Gasteiger partial charge in [0.15, 0.2) is 29.7 Å². The molecule has 150 valence electrons. The fraction of sp³-hybridized carbons (Fsp3) is 0.222. The third-order valence-corrected chi connectivity index (χ3v) is 3.23. The molecule has 0 fully saturated rings. The Morgan fingerprint density at radius 3 is 2.43 bits per heavy atom. The van der Waals surface area contributed by atoms with Crippen LogP contribution in [0.5, 0.6) is 11.5 Å². The number of ether oxygens (including phenoxy) is 3. The first kappa shape index (κ1) is 21.0. The molecular weight excluding hydrogens is 386 g/mol. The number of rotatable bonds is 8. The minimum Gasteiger partial charge on any atom is -0.490 e. The molecule has 0 saturated carbocycles. The standard InChI is InChI=1S/C18H15F4NO5/c1-2-26-15-7-10(3-6-14(15)28-18(21)22)17(25)27-9-16(24)23-11-4-5-12(19)13(20)8-11/h3-8,18H,2,9H2,1H3,(H,23,24). The smallest absolute Gasteiger partial charge is 0.387 e. The van der Waals surface area contributed by atoms with E-state index in [-0.39, 0.29) is 29.4 Å². The number of anilines is 1. The second-order valence-electron chi connectivity index (χ2n) is 5.23. The number of carbonyl (C=O) groups is 2. The topological polar surface area (TPSA) is 73.9 Å². The summed E-state index contributed by atoms with van der Waals surface area (Å²) in [5.41, 5.74) is -0.0854. The number of hydrogen-bond donors (Lipinski definition) is 1. The molecule has 2 rings (SSSR count). The summed E-state index contributed by atoms with van der Waals surface area (Å²) in [6.45, 7) is -2.04. The van der Waals surface area contributed by atoms with Gasteiger partial charge in [-0.3, -0.25) is 4.79 Å². The van der Waals surface area contributed by atoms with Gasteiger partial charge in [0.2, 0.25) is 0 Å². The number of carbonyl (C=O) groups excluding carboxylic acids is 2. The summed E-state index contributed by atoms with van der Waals surface area (Å²) < 4.78 is 64.9. The molecule has 0 bridgehead atoms. The van der Waals surface area contributed by atoms with E-state index in [1.807, 2.05) is 0 Å². The van der Waals surface area contributed by atoms with Gasteiger partial charge in [-0.05, 0) is 37.3 Å². The third-order valence-electron chi connectivity index (χ3n) is 3.23. The molecule has 1 amide bonds. The maximum absolute atomic E-state index is 13.1. The summed E-state index contributed by atoms with van der Waals surface area (Å²) in [7, 11) is 0. The predicted octanol–water partition coefficient (Wildman–Crippen LogP) is 3.76. The minimum absolute atomic E-state index is 0.0212. The molecule has 2 aromatic carbocycles. The zero-order valence-corrected chi connectivity index (χ0v) is 14.5. The van der Waals surface area contributed by atoms with E-state index >= 15 is 0 Å². The summed E-state index contributed by atoms with van der Waals surface area (Å²) in [4.78, 5) is 23.8. The Kier molecular flexibility index (Phi) is 7.19. The van der Waals surface area contributed by atoms with Gasteiger partial charge in [-0.1, -0.05) is 0 Å². The molecule has 0 saturated heterocycles. The molecule has 6 nitrogen and oxygen atoms in total. The molecule has 0 aliphatic rings. The maximum Gasteiger partial charge on any atom is 0.387 e. The highest BCUT2D eigenvalue weighted by Gasteiger charge is 2.16. The minimum atomic E-state index is -3.07. The molecule has 0 radical (unpaired) electrons. The van der Waals surface area contributed by atoms with Crippen LogP contribution in [-0.4, -0.2) is 31.7 Å². The molecule has 10 heteroatoms. The number of amides is 1. The van der Waals surface area contributed by atoms with E-state index in [4.69, 9.17) is 9.47 Å². The van der Waals surface area contributed by atoms with Crippen molar-refractivity contribution in [2.45, 2.75) is 13.5 Å². The van der Waals surface area contributed by atoms with E-state index in [1.165, 1.54) is 0 Å². The van der Waals surface area contributed by atoms with Crippen LogP contribution in [0.3, 0.4) is 0 Å². The molecule has 0 spiro atoms. The number of nitrogens with one attached hydrogen (secondary N) is 1. The monoisotopic (exact) mass is 401 g/mol. The summed E-state index contributed by atoms with van der Waals surface area (Å²) in [6.07, 6.45) is 0. The summed E-state index contributed by atoms with van der Waals surface area (Å²) in [5.74, 6) is -4.29. The maximum atomic E-state index is 13.1. The van der Waals surface area contributed by atoms with Crippen LogP contribution in [0.2, 0.25) is 0 Å². The van der Waals surface area contributed by atoms with E-state index < -0.39 is 36.7 Å². The van der Waals surface area contributed by atoms with Crippen molar-refractivity contribution < 1.29 is 41.4 Å². The second kappa shape index (κ2) is 9.58. The first-order valence-corrected chi connectivity index (χ1v) is 7.93. The van der Waals surface area contributed by atoms with Gasteiger partial charge in [-0.15, -0.1) is 0 Å². The molecule has 0 heterocycles. The van der Waals surface area contributed by atoms with Crippen LogP contribution in [0.4, 0.5) is 23.2 Å². The Morgan fingerprint density at radius 2 is 1.79 bits per heavy atom. The van der Waals surface area contributed by atoms with Crippen LogP contribution in [0, 0.1) is 11.6 Å². The number of alkyl halides is 2. The molecule has 0 aliphatic heterocycles. The van der Waals surface area contributed by atoms with Crippen molar-refractivity contribution in [1.29, 1.82) is 0 Å². The molecule has 0 aliphatic carbocycles. The van der Waals surface area contributed by atoms with Crippen molar-refractivity contribution >= 4 is 17.6 Å². The third kappa shape index (κ3) is 5.86. The first-order chi connectivity index (χ1) is 13.3. The Hall–Kier alpha value is -3.30. The molecular formula is C18H15F4NO5. The Bertz CT molecular complexity index is 860.